The molecule has 0 bridgehead atoms. The predicted octanol–water partition coefficient (Wildman–Crippen LogP) is -0.415. The van der Waals surface area contributed by atoms with Crippen LogP contribution in [0.1, 0.15) is 13.8 Å². The largest absolute Gasteiger partial charge is 1.00 e. The highest BCUT2D eigenvalue weighted by Crippen LogP contribution is 2.26. The number of ether oxygens (including phenoxy) is 1. The summed E-state index contributed by atoms with van der Waals surface area (Å²) in [6.07, 6.45) is 0. The Bertz CT molecular complexity index is 926. The fraction of sp³-hybridized carbons (Fsp3) is 0.400. The minimum absolute atomic E-state index is 0. The lowest BCUT2D eigenvalue weighted by Gasteiger charge is -2.21. The first kappa shape index (κ1) is 18.7. The van der Waals surface area contributed by atoms with E-state index in [4.69, 9.17) is 14.1 Å². The number of anilines is 1. The van der Waals surface area contributed by atoms with Gasteiger partial charge in [0, 0.05) is 30.9 Å². The lowest BCUT2D eigenvalue weighted by Crippen LogP contribution is -3.00. The number of halogens is 1. The highest BCUT2D eigenvalue weighted by Gasteiger charge is 2.15. The molecule has 0 amide bonds. The van der Waals surface area contributed by atoms with Gasteiger partial charge < -0.3 is 26.5 Å². The summed E-state index contributed by atoms with van der Waals surface area (Å²) in [6.45, 7) is 9.67. The third kappa shape index (κ3) is 3.55. The smallest absolute Gasteiger partial charge is 0.203 e. The predicted molar refractivity (Wildman–Crippen MR) is 100 cm³/mol. The number of nitrogens with zero attached hydrogens (tertiary/aromatic N) is 3. The van der Waals surface area contributed by atoms with Crippen LogP contribution in [-0.2, 0) is 4.74 Å². The zero-order chi connectivity index (χ0) is 17.2. The van der Waals surface area contributed by atoms with E-state index in [0.29, 0.717) is 0 Å². The Balaban J connectivity index is 0.00000196. The van der Waals surface area contributed by atoms with Crippen LogP contribution < -0.4 is 27.2 Å². The monoisotopic (exact) mass is 373 g/mol. The molecule has 138 valence electrons. The summed E-state index contributed by atoms with van der Waals surface area (Å²) < 4.78 is 14.0. The summed E-state index contributed by atoms with van der Waals surface area (Å²) in [5.74, 6) is 0.827. The average Bonchev–Trinajstić information content (AvgIpc) is 2.67. The molecule has 6 heteroatoms. The van der Waals surface area contributed by atoms with Gasteiger partial charge in [-0.2, -0.15) is 0 Å². The molecule has 0 radical (unpaired) electrons. The summed E-state index contributed by atoms with van der Waals surface area (Å²) in [6, 6.07) is 12.5. The van der Waals surface area contributed by atoms with E-state index in [9.17, 15) is 0 Å². The molecule has 4 rings (SSSR count). The number of fused-ring (bicyclic) bond motifs is 2. The van der Waals surface area contributed by atoms with E-state index in [1.165, 1.54) is 11.0 Å². The first-order chi connectivity index (χ1) is 12.3. The van der Waals surface area contributed by atoms with Crippen LogP contribution in [0.25, 0.3) is 22.6 Å². The summed E-state index contributed by atoms with van der Waals surface area (Å²) in [7, 11) is 0. The van der Waals surface area contributed by atoms with Gasteiger partial charge in [-0.05, 0) is 32.0 Å². The molecule has 2 aliphatic heterocycles. The van der Waals surface area contributed by atoms with E-state index < -0.39 is 0 Å². The molecule has 2 heterocycles. The van der Waals surface area contributed by atoms with Gasteiger partial charge in [-0.25, -0.2) is 9.56 Å². The van der Waals surface area contributed by atoms with Gasteiger partial charge in [0.1, 0.15) is 24.4 Å². The minimum atomic E-state index is 0. The van der Waals surface area contributed by atoms with Crippen LogP contribution in [0.2, 0.25) is 0 Å². The van der Waals surface area contributed by atoms with Crippen LogP contribution in [0.3, 0.4) is 0 Å². The standard InChI is InChI=1S/C20H24N3O2.ClH/c1-3-22(4-2)15-5-7-17-19(13-15)25-20-14-16(6-8-18(20)21-17)23-9-11-24-12-10-23;/h5-8,13-14H,3-4,9-12H2,1-2H3;1H/q+1;/p-1. The summed E-state index contributed by atoms with van der Waals surface area (Å²) in [4.78, 5) is 7.07. The molecule has 1 aromatic carbocycles. The zero-order valence-corrected chi connectivity index (χ0v) is 16.0. The first-order valence-corrected chi connectivity index (χ1v) is 9.04. The van der Waals surface area contributed by atoms with Crippen molar-refractivity contribution in [1.29, 1.82) is 0 Å². The number of morpholine rings is 1. The molecule has 1 aliphatic carbocycles. The summed E-state index contributed by atoms with van der Waals surface area (Å²) >= 11 is 0. The molecule has 0 atom stereocenters. The van der Waals surface area contributed by atoms with Crippen molar-refractivity contribution in [2.75, 3.05) is 44.3 Å². The molecule has 0 N–H and O–H groups in total. The molecule has 1 aromatic rings. The van der Waals surface area contributed by atoms with E-state index in [1.807, 2.05) is 12.1 Å². The van der Waals surface area contributed by atoms with Crippen molar-refractivity contribution in [2.45, 2.75) is 13.8 Å². The van der Waals surface area contributed by atoms with Crippen molar-refractivity contribution in [2.24, 2.45) is 0 Å². The Morgan fingerprint density at radius 3 is 2.54 bits per heavy atom. The Kier molecular flexibility index (Phi) is 5.79. The zero-order valence-electron chi connectivity index (χ0n) is 15.2. The van der Waals surface area contributed by atoms with Crippen LogP contribution in [0, 0.1) is 0 Å². The lowest BCUT2D eigenvalue weighted by atomic mass is 10.2. The molecule has 0 saturated carbocycles. The van der Waals surface area contributed by atoms with E-state index in [0.717, 1.165) is 61.9 Å². The lowest BCUT2D eigenvalue weighted by molar-refractivity contribution is -0.00000641. The Labute approximate surface area is 159 Å². The van der Waals surface area contributed by atoms with E-state index >= 15 is 0 Å². The van der Waals surface area contributed by atoms with Gasteiger partial charge in [-0.1, -0.05) is 0 Å². The van der Waals surface area contributed by atoms with Gasteiger partial charge in [0.25, 0.3) is 0 Å². The van der Waals surface area contributed by atoms with E-state index in [2.05, 4.69) is 47.6 Å². The van der Waals surface area contributed by atoms with Gasteiger partial charge >= 0.3 is 0 Å². The van der Waals surface area contributed by atoms with Gasteiger partial charge in [0.05, 0.1) is 6.07 Å². The van der Waals surface area contributed by atoms with Crippen LogP contribution in [0.5, 0.6) is 0 Å². The normalized spacial score (nSPS) is 14.5. The molecule has 1 fully saturated rings. The maximum absolute atomic E-state index is 6.21. The number of benzene rings is 2. The van der Waals surface area contributed by atoms with Crippen molar-refractivity contribution in [3.63, 3.8) is 0 Å². The Morgan fingerprint density at radius 2 is 1.81 bits per heavy atom. The number of rotatable bonds is 3. The van der Waals surface area contributed by atoms with Crippen molar-refractivity contribution < 1.29 is 21.6 Å². The third-order valence-electron chi connectivity index (χ3n) is 4.85. The van der Waals surface area contributed by atoms with Crippen LogP contribution in [0.15, 0.2) is 40.8 Å². The highest BCUT2D eigenvalue weighted by atomic mass is 35.5. The maximum atomic E-state index is 6.21. The Morgan fingerprint density at radius 1 is 1.04 bits per heavy atom. The first-order valence-electron chi connectivity index (χ1n) is 9.04. The number of hydrogen-bond donors (Lipinski definition) is 0. The highest BCUT2D eigenvalue weighted by molar-refractivity contribution is 5.80. The maximum Gasteiger partial charge on any atom is 0.203 e. The van der Waals surface area contributed by atoms with Gasteiger partial charge in [0.2, 0.25) is 5.36 Å². The quantitative estimate of drug-likeness (QED) is 0.462. The second-order valence-corrected chi connectivity index (χ2v) is 6.29. The molecule has 1 saturated heterocycles. The minimum Gasteiger partial charge on any atom is -1.00 e. The van der Waals surface area contributed by atoms with Gasteiger partial charge in [-0.3, -0.25) is 0 Å². The fourth-order valence-corrected chi connectivity index (χ4v) is 3.41. The second-order valence-electron chi connectivity index (χ2n) is 6.29. The second kappa shape index (κ2) is 8.06. The molecule has 5 nitrogen and oxygen atoms in total. The Hall–Kier alpha value is -2.11. The fourth-order valence-electron chi connectivity index (χ4n) is 3.41. The van der Waals surface area contributed by atoms with Crippen molar-refractivity contribution >= 4 is 16.8 Å². The van der Waals surface area contributed by atoms with Crippen molar-refractivity contribution in [3.8, 4) is 11.5 Å². The molecule has 0 spiro atoms. The molecule has 3 aliphatic rings. The molecule has 0 aromatic heterocycles. The molecular formula is C20H24ClN3O2. The van der Waals surface area contributed by atoms with Crippen LogP contribution in [-0.4, -0.2) is 44.4 Å². The van der Waals surface area contributed by atoms with Crippen LogP contribution >= 0.6 is 0 Å². The third-order valence-corrected chi connectivity index (χ3v) is 4.85. The van der Waals surface area contributed by atoms with Crippen LogP contribution in [0.4, 0.5) is 5.69 Å². The van der Waals surface area contributed by atoms with Gasteiger partial charge in [0.15, 0.2) is 24.4 Å². The summed E-state index contributed by atoms with van der Waals surface area (Å²) in [5, 5.41) is 1.17. The van der Waals surface area contributed by atoms with Gasteiger partial charge in [-0.15, -0.1) is 0 Å². The number of hydrogen-bond acceptors (Lipinski definition) is 4. The number of aromatic nitrogens is 1. The molecule has 0 unspecified atom stereocenters. The summed E-state index contributed by atoms with van der Waals surface area (Å²) in [5.41, 5.74) is 3.78. The average molecular weight is 374 g/mol. The van der Waals surface area contributed by atoms with Crippen molar-refractivity contribution in [1.82, 2.24) is 9.56 Å². The van der Waals surface area contributed by atoms with E-state index in [-0.39, 0.29) is 12.4 Å². The van der Waals surface area contributed by atoms with Crippen molar-refractivity contribution in [3.05, 3.63) is 41.8 Å². The SMILES string of the molecule is CCN(CC)c1ccc2nc3ccc(=[N+]4CCOCC4)cc-3oc2c1.[Cl-]. The topological polar surface area (TPSA) is 41.5 Å². The van der Waals surface area contributed by atoms with E-state index in [1.54, 1.807) is 0 Å². The molecule has 26 heavy (non-hydrogen) atoms. The molecular weight excluding hydrogens is 350 g/mol.